The molecule has 0 atom stereocenters. The summed E-state index contributed by atoms with van der Waals surface area (Å²) in [6.45, 7) is 2.28. The molecule has 0 amide bonds. The second-order valence-electron chi connectivity index (χ2n) is 8.37. The van der Waals surface area contributed by atoms with Gasteiger partial charge in [0.15, 0.2) is 0 Å². The summed E-state index contributed by atoms with van der Waals surface area (Å²) in [7, 11) is -3.84. The van der Waals surface area contributed by atoms with Gasteiger partial charge in [-0.3, -0.25) is 4.55 Å². The van der Waals surface area contributed by atoms with Crippen LogP contribution in [-0.2, 0) is 10.1 Å². The van der Waals surface area contributed by atoms with Crippen molar-refractivity contribution in [1.29, 1.82) is 0 Å². The second-order valence-corrected chi connectivity index (χ2v) is 9.87. The normalized spacial score (nSPS) is 11.8. The van der Waals surface area contributed by atoms with E-state index >= 15 is 0 Å². The number of rotatable bonds is 22. The molecule has 0 spiro atoms. The Balaban J connectivity index is 0. The van der Waals surface area contributed by atoms with Crippen molar-refractivity contribution in [2.45, 2.75) is 135 Å². The molecule has 0 fully saturated rings. The van der Waals surface area contributed by atoms with Crippen molar-refractivity contribution in [2.24, 2.45) is 0 Å². The van der Waals surface area contributed by atoms with E-state index < -0.39 is 10.1 Å². The summed E-state index contributed by atoms with van der Waals surface area (Å²) < 4.78 is 29.7. The molecule has 0 unspecified atom stereocenters. The summed E-state index contributed by atoms with van der Waals surface area (Å²) in [6.07, 6.45) is 30.5. The molecule has 0 aromatic heterocycles. The fraction of sp³-hybridized carbons (Fsp3) is 0.917. The van der Waals surface area contributed by atoms with Crippen LogP contribution in [-0.4, -0.2) is 48.3 Å². The van der Waals surface area contributed by atoms with E-state index in [9.17, 15) is 8.42 Å². The van der Waals surface area contributed by atoms with E-state index in [2.05, 4.69) is 6.92 Å². The van der Waals surface area contributed by atoms with Gasteiger partial charge in [-0.25, -0.2) is 0 Å². The van der Waals surface area contributed by atoms with Crippen molar-refractivity contribution < 1.29 is 13.0 Å². The molecule has 0 aromatic carbocycles. The molecule has 0 saturated heterocycles. The first kappa shape index (κ1) is 31.8. The monoisotopic (exact) mass is 440 g/mol. The molecule has 3 nitrogen and oxygen atoms in total. The molecule has 5 heteroatoms. The molecule has 0 radical (unpaired) electrons. The minimum atomic E-state index is -3.84. The quantitative estimate of drug-likeness (QED) is 0.0816. The first-order chi connectivity index (χ1) is 13.6. The Hall–Kier alpha value is 0.650. The van der Waals surface area contributed by atoms with Crippen LogP contribution in [0, 0.1) is 0 Å². The van der Waals surface area contributed by atoms with Gasteiger partial charge in [-0.15, -0.1) is 0 Å². The van der Waals surface area contributed by atoms with Crippen LogP contribution in [0.1, 0.15) is 135 Å². The van der Waals surface area contributed by atoms with Crippen LogP contribution in [0.15, 0.2) is 12.2 Å². The van der Waals surface area contributed by atoms with Gasteiger partial charge in [0.25, 0.3) is 10.1 Å². The van der Waals surface area contributed by atoms with Gasteiger partial charge in [-0.1, -0.05) is 135 Å². The molecule has 170 valence electrons. The van der Waals surface area contributed by atoms with Crippen LogP contribution < -0.4 is 0 Å². The van der Waals surface area contributed by atoms with Crippen LogP contribution >= 0.6 is 0 Å². The third-order valence-corrected chi connectivity index (χ3v) is 6.06. The van der Waals surface area contributed by atoms with Gasteiger partial charge in [0, 0.05) is 0 Å². The van der Waals surface area contributed by atoms with Crippen molar-refractivity contribution in [2.75, 3.05) is 5.75 Å². The van der Waals surface area contributed by atoms with Crippen LogP contribution in [0.5, 0.6) is 0 Å². The number of unbranched alkanes of at least 4 members (excludes halogenated alkanes) is 19. The van der Waals surface area contributed by atoms with Crippen molar-refractivity contribution in [3.8, 4) is 0 Å². The fourth-order valence-corrected chi connectivity index (χ4v) is 4.03. The molecule has 0 heterocycles. The van der Waals surface area contributed by atoms with Crippen LogP contribution in [0.3, 0.4) is 0 Å². The van der Waals surface area contributed by atoms with Crippen LogP contribution in [0.4, 0.5) is 0 Å². The van der Waals surface area contributed by atoms with Crippen molar-refractivity contribution >= 4 is 39.7 Å². The van der Waals surface area contributed by atoms with Gasteiger partial charge < -0.3 is 0 Å². The number of hydrogen-bond donors (Lipinski definition) is 1. The zero-order valence-electron chi connectivity index (χ0n) is 18.7. The average Bonchev–Trinajstić information content (AvgIpc) is 2.65. The Morgan fingerprint density at radius 1 is 0.552 bits per heavy atom. The summed E-state index contributed by atoms with van der Waals surface area (Å²) in [4.78, 5) is 0. The first-order valence-corrected chi connectivity index (χ1v) is 13.8. The summed E-state index contributed by atoms with van der Waals surface area (Å²) in [6, 6.07) is 0. The Morgan fingerprint density at radius 2 is 0.862 bits per heavy atom. The zero-order chi connectivity index (χ0) is 20.8. The van der Waals surface area contributed by atoms with Crippen LogP contribution in [0.2, 0.25) is 0 Å². The summed E-state index contributed by atoms with van der Waals surface area (Å²) in [5.41, 5.74) is 0. The van der Waals surface area contributed by atoms with Gasteiger partial charge in [0.2, 0.25) is 0 Å². The maximum atomic E-state index is 10.5. The predicted octanol–water partition coefficient (Wildman–Crippen LogP) is 7.60. The van der Waals surface area contributed by atoms with Crippen molar-refractivity contribution in [3.05, 3.63) is 12.2 Å². The van der Waals surface area contributed by atoms with E-state index in [1.165, 1.54) is 116 Å². The minimum absolute atomic E-state index is 0. The molecule has 29 heavy (non-hydrogen) atoms. The van der Waals surface area contributed by atoms with Crippen molar-refractivity contribution in [1.82, 2.24) is 0 Å². The van der Waals surface area contributed by atoms with E-state index in [0.717, 1.165) is 12.8 Å². The molecule has 0 aliphatic rings. The second kappa shape index (κ2) is 24.9. The van der Waals surface area contributed by atoms with Gasteiger partial charge in [-0.05, 0) is 12.8 Å². The molecule has 0 aliphatic heterocycles. The topological polar surface area (TPSA) is 54.4 Å². The van der Waals surface area contributed by atoms with Gasteiger partial charge in [-0.2, -0.15) is 8.42 Å². The molecule has 0 aromatic rings. The standard InChI is InChI=1S/C24H48O3S.Na.H/c1-2-3-4-5-6-7-8-9-10-11-12-13-14-15-16-17-18-19-20-21-22-23-24-28(25,26)27;;/h22-23H,2-21,24H2,1H3,(H,25,26,27);;. The Morgan fingerprint density at radius 3 is 1.17 bits per heavy atom. The predicted molar refractivity (Wildman–Crippen MR) is 131 cm³/mol. The van der Waals surface area contributed by atoms with E-state index in [0.29, 0.717) is 0 Å². The maximum absolute atomic E-state index is 10.5. The van der Waals surface area contributed by atoms with E-state index in [-0.39, 0.29) is 35.3 Å². The van der Waals surface area contributed by atoms with Crippen LogP contribution in [0.25, 0.3) is 0 Å². The average molecular weight is 441 g/mol. The molecule has 0 rings (SSSR count). The molecular formula is C24H49NaO3S. The Bertz CT molecular complexity index is 435. The first-order valence-electron chi connectivity index (χ1n) is 12.2. The molecule has 0 aliphatic carbocycles. The zero-order valence-corrected chi connectivity index (χ0v) is 19.5. The molecule has 1 N–H and O–H groups in total. The summed E-state index contributed by atoms with van der Waals surface area (Å²) in [5.74, 6) is -0.258. The summed E-state index contributed by atoms with van der Waals surface area (Å²) in [5, 5.41) is 0. The van der Waals surface area contributed by atoms with Gasteiger partial charge in [0.05, 0.1) is 5.75 Å². The third-order valence-electron chi connectivity index (χ3n) is 5.45. The SMILES string of the molecule is CCCCCCCCCCCCCCCCCCCCCC=CCS(=O)(=O)O.[NaH]. The Kier molecular flexibility index (Phi) is 27.3. The van der Waals surface area contributed by atoms with E-state index in [1.54, 1.807) is 6.08 Å². The third kappa shape index (κ3) is 30.9. The van der Waals surface area contributed by atoms with Gasteiger partial charge in [0.1, 0.15) is 0 Å². The molecule has 0 bridgehead atoms. The van der Waals surface area contributed by atoms with E-state index in [1.807, 2.05) is 6.08 Å². The molecular weight excluding hydrogens is 391 g/mol. The number of allylic oxidation sites excluding steroid dienone is 1. The number of hydrogen-bond acceptors (Lipinski definition) is 2. The van der Waals surface area contributed by atoms with E-state index in [4.69, 9.17) is 4.55 Å². The summed E-state index contributed by atoms with van der Waals surface area (Å²) >= 11 is 0. The van der Waals surface area contributed by atoms with Crippen molar-refractivity contribution in [3.63, 3.8) is 0 Å². The van der Waals surface area contributed by atoms with Gasteiger partial charge >= 0.3 is 29.6 Å². The molecule has 0 saturated carbocycles. The Labute approximate surface area is 204 Å². The fourth-order valence-electron chi connectivity index (χ4n) is 3.65.